The van der Waals surface area contributed by atoms with Gasteiger partial charge in [0.2, 0.25) is 0 Å². The predicted molar refractivity (Wildman–Crippen MR) is 107 cm³/mol. The lowest BCUT2D eigenvalue weighted by Crippen LogP contribution is -2.13. The van der Waals surface area contributed by atoms with Crippen LogP contribution in [0.4, 0.5) is 4.79 Å². The number of aromatic nitrogens is 4. The number of carbonyl (C=O) groups is 1. The van der Waals surface area contributed by atoms with Gasteiger partial charge in [-0.15, -0.1) is 0 Å². The number of carbonyl (C=O) groups excluding carboxylic acids is 1. The average Bonchev–Trinajstić information content (AvgIpc) is 3.44. The molecule has 1 fully saturated rings. The first-order chi connectivity index (χ1) is 13.7. The van der Waals surface area contributed by atoms with Gasteiger partial charge in [-0.1, -0.05) is 12.5 Å². The van der Waals surface area contributed by atoms with E-state index in [0.29, 0.717) is 12.5 Å². The highest BCUT2D eigenvalue weighted by Gasteiger charge is 2.23. The van der Waals surface area contributed by atoms with E-state index in [4.69, 9.17) is 15.5 Å². The minimum atomic E-state index is -0.704. The molecule has 1 saturated carbocycles. The standard InChI is InChI=1S/C21H25N5O2/c22-21(27)28-10-4-2-1-3-9-26-14-17(12-24-26)20-13-23-18-8-7-16(15-5-6-15)11-19(18)25-20/h7-8,11-15H,1-6,9-10H2,(H2,22,27). The number of hydrogen-bond donors (Lipinski definition) is 1. The third kappa shape index (κ3) is 4.65. The maximum atomic E-state index is 10.5. The molecule has 0 spiro atoms. The molecule has 0 aliphatic heterocycles. The summed E-state index contributed by atoms with van der Waals surface area (Å²) in [4.78, 5) is 19.9. The molecule has 0 atom stereocenters. The highest BCUT2D eigenvalue weighted by molar-refractivity contribution is 5.77. The molecule has 1 aliphatic rings. The van der Waals surface area contributed by atoms with Gasteiger partial charge in [-0.05, 0) is 55.7 Å². The molecule has 0 radical (unpaired) electrons. The van der Waals surface area contributed by atoms with E-state index in [1.807, 2.05) is 23.3 Å². The lowest BCUT2D eigenvalue weighted by Gasteiger charge is -2.04. The molecule has 1 aromatic carbocycles. The van der Waals surface area contributed by atoms with Gasteiger partial charge >= 0.3 is 6.09 Å². The van der Waals surface area contributed by atoms with Crippen molar-refractivity contribution in [2.24, 2.45) is 5.73 Å². The molecule has 2 heterocycles. The molecule has 2 N–H and O–H groups in total. The summed E-state index contributed by atoms with van der Waals surface area (Å²) in [6, 6.07) is 6.42. The Bertz CT molecular complexity index is 964. The molecule has 2 aromatic heterocycles. The highest BCUT2D eigenvalue weighted by Crippen LogP contribution is 2.40. The van der Waals surface area contributed by atoms with Crippen molar-refractivity contribution in [3.05, 3.63) is 42.4 Å². The number of nitrogens with zero attached hydrogens (tertiary/aromatic N) is 4. The van der Waals surface area contributed by atoms with Gasteiger partial charge in [-0.3, -0.25) is 9.67 Å². The molecule has 3 aromatic rings. The fourth-order valence-electron chi connectivity index (χ4n) is 3.36. The van der Waals surface area contributed by atoms with Crippen LogP contribution >= 0.6 is 0 Å². The maximum Gasteiger partial charge on any atom is 0.404 e. The number of primary amides is 1. The summed E-state index contributed by atoms with van der Waals surface area (Å²) in [6.07, 6.45) is 11.5. The van der Waals surface area contributed by atoms with Crippen molar-refractivity contribution in [2.75, 3.05) is 6.61 Å². The van der Waals surface area contributed by atoms with Gasteiger partial charge < -0.3 is 10.5 Å². The number of unbranched alkanes of at least 4 members (excludes halogenated alkanes) is 3. The number of ether oxygens (including phenoxy) is 1. The molecular formula is C21H25N5O2. The normalized spacial score (nSPS) is 13.7. The number of nitrogens with two attached hydrogens (primary N) is 1. The second-order valence-corrected chi connectivity index (χ2v) is 7.35. The van der Waals surface area contributed by atoms with Gasteiger partial charge in [-0.25, -0.2) is 9.78 Å². The van der Waals surface area contributed by atoms with E-state index < -0.39 is 6.09 Å². The van der Waals surface area contributed by atoms with Crippen molar-refractivity contribution < 1.29 is 9.53 Å². The van der Waals surface area contributed by atoms with E-state index >= 15 is 0 Å². The molecule has 7 nitrogen and oxygen atoms in total. The zero-order valence-electron chi connectivity index (χ0n) is 15.9. The zero-order chi connectivity index (χ0) is 19.3. The summed E-state index contributed by atoms with van der Waals surface area (Å²) in [7, 11) is 0. The number of rotatable bonds is 9. The molecule has 7 heteroatoms. The first-order valence-electron chi connectivity index (χ1n) is 9.91. The largest absolute Gasteiger partial charge is 0.450 e. The molecule has 4 rings (SSSR count). The van der Waals surface area contributed by atoms with Crippen LogP contribution in [0.5, 0.6) is 0 Å². The van der Waals surface area contributed by atoms with E-state index in [1.54, 1.807) is 0 Å². The summed E-state index contributed by atoms with van der Waals surface area (Å²) >= 11 is 0. The lowest BCUT2D eigenvalue weighted by molar-refractivity contribution is 0.154. The van der Waals surface area contributed by atoms with Crippen molar-refractivity contribution in [3.8, 4) is 11.3 Å². The highest BCUT2D eigenvalue weighted by atomic mass is 16.5. The summed E-state index contributed by atoms with van der Waals surface area (Å²) in [6.45, 7) is 1.24. The lowest BCUT2D eigenvalue weighted by atomic mass is 10.1. The van der Waals surface area contributed by atoms with Crippen LogP contribution in [-0.4, -0.2) is 32.4 Å². The van der Waals surface area contributed by atoms with E-state index in [9.17, 15) is 4.79 Å². The SMILES string of the molecule is NC(=O)OCCCCCCn1cc(-c2cnc3ccc(C4CC4)cc3n2)cn1. The Kier molecular flexibility index (Phi) is 5.50. The van der Waals surface area contributed by atoms with Crippen LogP contribution in [-0.2, 0) is 11.3 Å². The fraction of sp³-hybridized carbons (Fsp3) is 0.429. The van der Waals surface area contributed by atoms with Crippen molar-refractivity contribution >= 4 is 17.1 Å². The van der Waals surface area contributed by atoms with E-state index in [0.717, 1.165) is 54.5 Å². The van der Waals surface area contributed by atoms with Crippen molar-refractivity contribution in [3.63, 3.8) is 0 Å². The Morgan fingerprint density at radius 2 is 2.00 bits per heavy atom. The Morgan fingerprint density at radius 1 is 1.14 bits per heavy atom. The second-order valence-electron chi connectivity index (χ2n) is 7.35. The topological polar surface area (TPSA) is 95.9 Å². The molecule has 1 aliphatic carbocycles. The van der Waals surface area contributed by atoms with Crippen molar-refractivity contribution in [1.29, 1.82) is 0 Å². The van der Waals surface area contributed by atoms with Crippen molar-refractivity contribution in [2.45, 2.75) is 51.0 Å². The van der Waals surface area contributed by atoms with E-state index in [1.165, 1.54) is 18.4 Å². The number of hydrogen-bond acceptors (Lipinski definition) is 5. The molecule has 0 unspecified atom stereocenters. The minimum Gasteiger partial charge on any atom is -0.450 e. The monoisotopic (exact) mass is 379 g/mol. The summed E-state index contributed by atoms with van der Waals surface area (Å²) in [5, 5.41) is 4.45. The van der Waals surface area contributed by atoms with Crippen LogP contribution in [0.2, 0.25) is 0 Å². The Morgan fingerprint density at radius 3 is 2.82 bits per heavy atom. The van der Waals surface area contributed by atoms with Gasteiger partial charge in [0, 0.05) is 18.3 Å². The Balaban J connectivity index is 1.32. The number of aryl methyl sites for hydroxylation is 1. The van der Waals surface area contributed by atoms with Crippen LogP contribution in [0.25, 0.3) is 22.3 Å². The van der Waals surface area contributed by atoms with Crippen LogP contribution in [0.15, 0.2) is 36.8 Å². The molecule has 0 saturated heterocycles. The molecule has 28 heavy (non-hydrogen) atoms. The van der Waals surface area contributed by atoms with Gasteiger partial charge in [0.15, 0.2) is 0 Å². The average molecular weight is 379 g/mol. The number of benzene rings is 1. The summed E-state index contributed by atoms with van der Waals surface area (Å²) in [5.41, 5.74) is 10.0. The number of amides is 1. The van der Waals surface area contributed by atoms with Crippen LogP contribution in [0.1, 0.15) is 50.0 Å². The molecule has 146 valence electrons. The maximum absolute atomic E-state index is 10.5. The van der Waals surface area contributed by atoms with Crippen LogP contribution < -0.4 is 5.73 Å². The summed E-state index contributed by atoms with van der Waals surface area (Å²) < 4.78 is 6.67. The number of fused-ring (bicyclic) bond motifs is 1. The van der Waals surface area contributed by atoms with Crippen LogP contribution in [0, 0.1) is 0 Å². The minimum absolute atomic E-state index is 0.393. The zero-order valence-corrected chi connectivity index (χ0v) is 15.9. The second kappa shape index (κ2) is 8.37. The molecule has 0 bridgehead atoms. The fourth-order valence-corrected chi connectivity index (χ4v) is 3.36. The molecule has 1 amide bonds. The first-order valence-corrected chi connectivity index (χ1v) is 9.91. The van der Waals surface area contributed by atoms with Crippen molar-refractivity contribution in [1.82, 2.24) is 19.7 Å². The quantitative estimate of drug-likeness (QED) is 0.566. The summed E-state index contributed by atoms with van der Waals surface area (Å²) in [5.74, 6) is 0.708. The van der Waals surface area contributed by atoms with E-state index in [2.05, 4.69) is 28.3 Å². The Labute approximate surface area is 163 Å². The van der Waals surface area contributed by atoms with Crippen LogP contribution in [0.3, 0.4) is 0 Å². The third-order valence-electron chi connectivity index (χ3n) is 5.07. The first kappa shape index (κ1) is 18.4. The van der Waals surface area contributed by atoms with Gasteiger partial charge in [0.25, 0.3) is 0 Å². The van der Waals surface area contributed by atoms with Gasteiger partial charge in [0.05, 0.1) is 35.7 Å². The third-order valence-corrected chi connectivity index (χ3v) is 5.07. The molecular weight excluding hydrogens is 354 g/mol. The Hall–Kier alpha value is -2.96. The van der Waals surface area contributed by atoms with Gasteiger partial charge in [-0.2, -0.15) is 5.10 Å². The van der Waals surface area contributed by atoms with Gasteiger partial charge in [0.1, 0.15) is 0 Å². The van der Waals surface area contributed by atoms with E-state index in [-0.39, 0.29) is 0 Å². The predicted octanol–water partition coefficient (Wildman–Crippen LogP) is 4.03. The smallest absolute Gasteiger partial charge is 0.404 e.